The normalized spacial score (nSPS) is 11.3. The zero-order chi connectivity index (χ0) is 22.8. The lowest BCUT2D eigenvalue weighted by Gasteiger charge is -2.09. The molecule has 0 unspecified atom stereocenters. The van der Waals surface area contributed by atoms with Crippen molar-refractivity contribution in [2.24, 2.45) is 0 Å². The number of esters is 1. The molecule has 0 aliphatic heterocycles. The lowest BCUT2D eigenvalue weighted by atomic mass is 10.1. The molecule has 1 heterocycles. The number of aromatic nitrogens is 3. The van der Waals surface area contributed by atoms with Gasteiger partial charge in [-0.25, -0.2) is 9.59 Å². The molecule has 0 spiro atoms. The molecule has 8 nitrogen and oxygen atoms in total. The number of amides is 1. The number of methoxy groups -OCH3 is 1. The standard InChI is InChI=1S/C19H14ClF3N4O4/c1-31-16(28)11-3-5-12(6-4-11)27-18(30)25-15(26-27)13-8-10(2-7-14(13)20)9-24-17(29)19(21,22)23/h2-8H,9H2,1H3,(H,24,29)(H,25,26,30). The van der Waals surface area contributed by atoms with Crippen LogP contribution in [0.3, 0.4) is 0 Å². The molecule has 0 radical (unpaired) electrons. The van der Waals surface area contributed by atoms with E-state index in [1.807, 2.05) is 0 Å². The molecule has 3 aromatic rings. The van der Waals surface area contributed by atoms with Gasteiger partial charge in [0.15, 0.2) is 5.82 Å². The molecule has 1 amide bonds. The lowest BCUT2D eigenvalue weighted by molar-refractivity contribution is -0.173. The first-order valence-corrected chi connectivity index (χ1v) is 9.00. The molecule has 1 aromatic heterocycles. The van der Waals surface area contributed by atoms with Crippen LogP contribution in [0.5, 0.6) is 0 Å². The largest absolute Gasteiger partial charge is 0.471 e. The van der Waals surface area contributed by atoms with E-state index in [1.54, 1.807) is 5.32 Å². The second-order valence-electron chi connectivity index (χ2n) is 6.22. The molecule has 2 N–H and O–H groups in total. The number of hydrogen-bond acceptors (Lipinski definition) is 5. The van der Waals surface area contributed by atoms with Crippen molar-refractivity contribution < 1.29 is 27.5 Å². The molecule has 0 atom stereocenters. The van der Waals surface area contributed by atoms with Gasteiger partial charge in [0.2, 0.25) is 0 Å². The Morgan fingerprint density at radius 2 is 1.87 bits per heavy atom. The van der Waals surface area contributed by atoms with Crippen molar-refractivity contribution in [3.05, 3.63) is 69.1 Å². The molecule has 0 saturated carbocycles. The number of nitrogens with one attached hydrogen (secondary N) is 2. The van der Waals surface area contributed by atoms with E-state index in [0.717, 1.165) is 4.68 Å². The van der Waals surface area contributed by atoms with Crippen molar-refractivity contribution in [3.63, 3.8) is 0 Å². The summed E-state index contributed by atoms with van der Waals surface area (Å²) in [6, 6.07) is 10.1. The number of ether oxygens (including phenoxy) is 1. The Kier molecular flexibility index (Phi) is 6.16. The van der Waals surface area contributed by atoms with E-state index in [2.05, 4.69) is 14.8 Å². The number of benzene rings is 2. The topological polar surface area (TPSA) is 106 Å². The van der Waals surface area contributed by atoms with Gasteiger partial charge in [-0.3, -0.25) is 9.78 Å². The molecule has 0 fully saturated rings. The maximum absolute atomic E-state index is 12.3. The van der Waals surface area contributed by atoms with Gasteiger partial charge in [-0.2, -0.15) is 17.9 Å². The van der Waals surface area contributed by atoms with Crippen LogP contribution in [-0.2, 0) is 16.1 Å². The van der Waals surface area contributed by atoms with Crippen LogP contribution in [-0.4, -0.2) is 39.9 Å². The zero-order valence-corrected chi connectivity index (χ0v) is 16.5. The predicted molar refractivity (Wildman–Crippen MR) is 104 cm³/mol. The van der Waals surface area contributed by atoms with Crippen LogP contribution in [0.4, 0.5) is 13.2 Å². The monoisotopic (exact) mass is 454 g/mol. The van der Waals surface area contributed by atoms with Gasteiger partial charge >= 0.3 is 23.7 Å². The number of hydrogen-bond donors (Lipinski definition) is 2. The number of carbonyl (C=O) groups is 2. The van der Waals surface area contributed by atoms with Crippen molar-refractivity contribution in [1.29, 1.82) is 0 Å². The lowest BCUT2D eigenvalue weighted by Crippen LogP contribution is -2.36. The van der Waals surface area contributed by atoms with E-state index in [4.69, 9.17) is 11.6 Å². The molecule has 2 aromatic carbocycles. The second-order valence-corrected chi connectivity index (χ2v) is 6.63. The van der Waals surface area contributed by atoms with Gasteiger partial charge in [-0.15, -0.1) is 5.10 Å². The van der Waals surface area contributed by atoms with Crippen molar-refractivity contribution in [1.82, 2.24) is 20.1 Å². The molecule has 12 heteroatoms. The Bertz CT molecular complexity index is 1190. The highest BCUT2D eigenvalue weighted by atomic mass is 35.5. The summed E-state index contributed by atoms with van der Waals surface area (Å²) in [7, 11) is 1.24. The van der Waals surface area contributed by atoms with Crippen molar-refractivity contribution in [2.75, 3.05) is 7.11 Å². The Morgan fingerprint density at radius 1 is 1.19 bits per heavy atom. The summed E-state index contributed by atoms with van der Waals surface area (Å²) in [6.45, 7) is -0.400. The average molecular weight is 455 g/mol. The molecular formula is C19H14ClF3N4O4. The van der Waals surface area contributed by atoms with Crippen LogP contribution >= 0.6 is 11.6 Å². The first-order valence-electron chi connectivity index (χ1n) is 8.62. The summed E-state index contributed by atoms with van der Waals surface area (Å²) >= 11 is 6.16. The van der Waals surface area contributed by atoms with Gasteiger partial charge in [0, 0.05) is 12.1 Å². The number of H-pyrrole nitrogens is 1. The molecule has 0 aliphatic rings. The molecule has 0 bridgehead atoms. The van der Waals surface area contributed by atoms with Crippen molar-refractivity contribution >= 4 is 23.5 Å². The van der Waals surface area contributed by atoms with Crippen LogP contribution in [0, 0.1) is 0 Å². The quantitative estimate of drug-likeness (QED) is 0.577. The number of nitrogens with zero attached hydrogens (tertiary/aromatic N) is 2. The number of halogens is 4. The molecule has 0 saturated heterocycles. The van der Waals surface area contributed by atoms with Crippen LogP contribution in [0.25, 0.3) is 17.1 Å². The van der Waals surface area contributed by atoms with Crippen molar-refractivity contribution in [2.45, 2.75) is 12.7 Å². The summed E-state index contributed by atoms with van der Waals surface area (Å²) in [4.78, 5) is 37.4. The molecule has 31 heavy (non-hydrogen) atoms. The smallest absolute Gasteiger partial charge is 0.465 e. The summed E-state index contributed by atoms with van der Waals surface area (Å²) in [6.07, 6.45) is -5.00. The third-order valence-electron chi connectivity index (χ3n) is 4.15. The molecule has 3 rings (SSSR count). The number of rotatable bonds is 5. The minimum Gasteiger partial charge on any atom is -0.465 e. The van der Waals surface area contributed by atoms with E-state index in [0.29, 0.717) is 11.3 Å². The van der Waals surface area contributed by atoms with Crippen LogP contribution in [0.1, 0.15) is 15.9 Å². The highest BCUT2D eigenvalue weighted by Gasteiger charge is 2.38. The van der Waals surface area contributed by atoms with E-state index in [1.165, 1.54) is 49.6 Å². The summed E-state index contributed by atoms with van der Waals surface area (Å²) in [5.41, 5.74) is 0.599. The van der Waals surface area contributed by atoms with Gasteiger partial charge in [0.1, 0.15) is 0 Å². The second kappa shape index (κ2) is 8.64. The summed E-state index contributed by atoms with van der Waals surface area (Å²) in [5, 5.41) is 6.11. The Labute approximate surface area is 177 Å². The predicted octanol–water partition coefficient (Wildman–Crippen LogP) is 2.85. The number of aromatic amines is 1. The highest BCUT2D eigenvalue weighted by molar-refractivity contribution is 6.33. The minimum atomic E-state index is -5.00. The average Bonchev–Trinajstić information content (AvgIpc) is 3.13. The third-order valence-corrected chi connectivity index (χ3v) is 4.48. The first kappa shape index (κ1) is 22.1. The van der Waals surface area contributed by atoms with Crippen LogP contribution < -0.4 is 11.0 Å². The third kappa shape index (κ3) is 4.94. The van der Waals surface area contributed by atoms with Gasteiger partial charge in [0.25, 0.3) is 0 Å². The molecule has 0 aliphatic carbocycles. The van der Waals surface area contributed by atoms with E-state index < -0.39 is 30.3 Å². The van der Waals surface area contributed by atoms with Gasteiger partial charge < -0.3 is 10.1 Å². The first-order chi connectivity index (χ1) is 14.6. The van der Waals surface area contributed by atoms with Gasteiger partial charge in [0.05, 0.1) is 23.4 Å². The minimum absolute atomic E-state index is 0.0658. The summed E-state index contributed by atoms with van der Waals surface area (Å²) in [5.74, 6) is -2.55. The maximum Gasteiger partial charge on any atom is 0.471 e. The fourth-order valence-electron chi connectivity index (χ4n) is 2.62. The van der Waals surface area contributed by atoms with Crippen molar-refractivity contribution in [3.8, 4) is 17.1 Å². The van der Waals surface area contributed by atoms with E-state index in [9.17, 15) is 27.6 Å². The van der Waals surface area contributed by atoms with Gasteiger partial charge in [-0.1, -0.05) is 17.7 Å². The Morgan fingerprint density at radius 3 is 2.48 bits per heavy atom. The molecular weight excluding hydrogens is 441 g/mol. The summed E-state index contributed by atoms with van der Waals surface area (Å²) < 4.78 is 42.7. The molecule has 162 valence electrons. The van der Waals surface area contributed by atoms with Gasteiger partial charge in [-0.05, 0) is 42.0 Å². The Hall–Kier alpha value is -3.60. The van der Waals surface area contributed by atoms with E-state index >= 15 is 0 Å². The SMILES string of the molecule is COC(=O)c1ccc(-n2nc(-c3cc(CNC(=O)C(F)(F)F)ccc3Cl)[nH]c2=O)cc1. The fourth-order valence-corrected chi connectivity index (χ4v) is 2.83. The fraction of sp³-hybridized carbons (Fsp3) is 0.158. The van der Waals surface area contributed by atoms with Crippen LogP contribution in [0.2, 0.25) is 5.02 Å². The highest BCUT2D eigenvalue weighted by Crippen LogP contribution is 2.26. The van der Waals surface area contributed by atoms with E-state index in [-0.39, 0.29) is 22.0 Å². The Balaban J connectivity index is 1.88. The van der Waals surface area contributed by atoms with Crippen LogP contribution in [0.15, 0.2) is 47.3 Å². The zero-order valence-electron chi connectivity index (χ0n) is 15.8. The number of alkyl halides is 3. The number of carbonyl (C=O) groups excluding carboxylic acids is 2. The maximum atomic E-state index is 12.3.